The van der Waals surface area contributed by atoms with Gasteiger partial charge in [0.2, 0.25) is 0 Å². The van der Waals surface area contributed by atoms with Gasteiger partial charge in [-0.15, -0.1) is 0 Å². The van der Waals surface area contributed by atoms with Crippen molar-refractivity contribution < 1.29 is 0 Å². The van der Waals surface area contributed by atoms with Gasteiger partial charge in [0.25, 0.3) is 0 Å². The van der Waals surface area contributed by atoms with E-state index in [-0.39, 0.29) is 0 Å². The molecule has 0 N–H and O–H groups in total. The van der Waals surface area contributed by atoms with Crippen LogP contribution in [0.4, 0.5) is 0 Å². The molecule has 0 spiro atoms. The van der Waals surface area contributed by atoms with Crippen LogP contribution in [0.25, 0.3) is 0 Å². The van der Waals surface area contributed by atoms with Crippen LogP contribution in [0.2, 0.25) is 39.3 Å². The first-order valence-corrected chi connectivity index (χ1v) is 27.5. The molecular formula is C31H39ClGeN2P2Si2. The Labute approximate surface area is 249 Å². The van der Waals surface area contributed by atoms with E-state index < -0.39 is 45.3 Å². The van der Waals surface area contributed by atoms with E-state index in [9.17, 15) is 0 Å². The molecule has 0 aliphatic rings. The summed E-state index contributed by atoms with van der Waals surface area (Å²) in [6.07, 6.45) is 0. The summed E-state index contributed by atoms with van der Waals surface area (Å²) >= 11 is -0.912. The Bertz CT molecular complexity index is 1380. The van der Waals surface area contributed by atoms with Crippen LogP contribution in [0.1, 0.15) is 0 Å². The van der Waals surface area contributed by atoms with Gasteiger partial charge in [-0.3, -0.25) is 0 Å². The van der Waals surface area contributed by atoms with Crippen molar-refractivity contribution in [3.05, 3.63) is 121 Å². The van der Waals surface area contributed by atoms with Gasteiger partial charge in [-0.05, 0) is 0 Å². The van der Waals surface area contributed by atoms with Crippen molar-refractivity contribution in [2.75, 3.05) is 0 Å². The maximum atomic E-state index is 7.17. The molecule has 0 fully saturated rings. The Kier molecular flexibility index (Phi) is 9.93. The average molecular weight is 666 g/mol. The molecule has 0 atom stereocenters. The Morgan fingerprint density at radius 3 is 1.21 bits per heavy atom. The third-order valence-corrected chi connectivity index (χ3v) is 31.6. The van der Waals surface area contributed by atoms with E-state index in [1.54, 1.807) is 0 Å². The van der Waals surface area contributed by atoms with Crippen LogP contribution in [0.5, 0.6) is 0 Å². The van der Waals surface area contributed by atoms with Gasteiger partial charge in [0.05, 0.1) is 0 Å². The van der Waals surface area contributed by atoms with Crippen molar-refractivity contribution in [2.45, 2.75) is 39.3 Å². The van der Waals surface area contributed by atoms with E-state index in [0.717, 1.165) is 0 Å². The molecule has 202 valence electrons. The summed E-state index contributed by atoms with van der Waals surface area (Å²) in [7, 11) is -1.29. The molecule has 4 aromatic carbocycles. The number of hydrogen-bond acceptors (Lipinski definition) is 2. The molecule has 4 aromatic rings. The first kappa shape index (κ1) is 30.6. The fourth-order valence-corrected chi connectivity index (χ4v) is 34.3. The van der Waals surface area contributed by atoms with Crippen LogP contribution < -0.4 is 21.2 Å². The molecule has 2 radical (unpaired) electrons. The van der Waals surface area contributed by atoms with Gasteiger partial charge in [0, 0.05) is 0 Å². The van der Waals surface area contributed by atoms with E-state index in [1.165, 1.54) is 21.2 Å². The predicted molar refractivity (Wildman–Crippen MR) is 187 cm³/mol. The summed E-state index contributed by atoms with van der Waals surface area (Å²) in [5.74, 6) is 0. The summed E-state index contributed by atoms with van der Waals surface area (Å²) in [6.45, 7) is 14.5. The zero-order chi connectivity index (χ0) is 28.2. The Hall–Kier alpha value is -1.36. The second-order valence-electron chi connectivity index (χ2n) is 11.7. The Morgan fingerprint density at radius 1 is 0.590 bits per heavy atom. The minimum atomic E-state index is -2.36. The standard InChI is InChI=1S/C31H39ClGeN2P2Si2/c1-38(2,3)34-36(28-19-11-7-12-20-28,29-21-13-8-14-22-29)27-37(30-23-15-9-16-24-30,31-25-17-10-18-26-31)35(33-32)39(4,5)6/h7-27H,1-6H3. The van der Waals surface area contributed by atoms with Crippen molar-refractivity contribution in [3.8, 4) is 0 Å². The number of halogens is 1. The third kappa shape index (κ3) is 6.76. The third-order valence-electron chi connectivity index (χ3n) is 6.42. The molecular weight excluding hydrogens is 627 g/mol. The SMILES string of the molecule is C[Si](C)(C)N=P(C=P(c1ccccc1)(c1ccccc1)[N]([Ge][Cl])[Si](C)(C)C)(c1ccccc1)c1ccccc1. The van der Waals surface area contributed by atoms with Crippen LogP contribution in [-0.2, 0) is 0 Å². The van der Waals surface area contributed by atoms with Gasteiger partial charge in [0.1, 0.15) is 0 Å². The van der Waals surface area contributed by atoms with Crippen LogP contribution in [0.3, 0.4) is 0 Å². The average Bonchev–Trinajstić information content (AvgIpc) is 2.93. The molecule has 8 heteroatoms. The second-order valence-corrected chi connectivity index (χ2v) is 32.0. The van der Waals surface area contributed by atoms with Gasteiger partial charge in [-0.1, -0.05) is 0 Å². The van der Waals surface area contributed by atoms with Crippen molar-refractivity contribution in [2.24, 2.45) is 4.41 Å². The van der Waals surface area contributed by atoms with Crippen LogP contribution in [0.15, 0.2) is 126 Å². The first-order valence-electron chi connectivity index (χ1n) is 13.3. The number of hydrogen-bond donors (Lipinski definition) is 0. The molecule has 0 bridgehead atoms. The monoisotopic (exact) mass is 666 g/mol. The van der Waals surface area contributed by atoms with Gasteiger partial charge in [-0.25, -0.2) is 0 Å². The molecule has 0 saturated carbocycles. The summed E-state index contributed by atoms with van der Waals surface area (Å²) < 4.78 is 8.81. The zero-order valence-corrected chi connectivity index (χ0v) is 30.4. The quantitative estimate of drug-likeness (QED) is 0.131. The van der Waals surface area contributed by atoms with Gasteiger partial charge >= 0.3 is 250 Å². The predicted octanol–water partition coefficient (Wildman–Crippen LogP) is 7.93. The topological polar surface area (TPSA) is 15.6 Å². The summed E-state index contributed by atoms with van der Waals surface area (Å²) in [5.41, 5.74) is 2.78. The molecule has 0 heterocycles. The molecule has 39 heavy (non-hydrogen) atoms. The molecule has 0 amide bonds. The van der Waals surface area contributed by atoms with Gasteiger partial charge in [0.15, 0.2) is 0 Å². The Balaban J connectivity index is 2.37. The molecule has 0 saturated heterocycles. The van der Waals surface area contributed by atoms with E-state index in [0.29, 0.717) is 0 Å². The molecule has 0 aliphatic carbocycles. The van der Waals surface area contributed by atoms with E-state index in [4.69, 9.17) is 14.4 Å². The van der Waals surface area contributed by atoms with Gasteiger partial charge < -0.3 is 0 Å². The van der Waals surface area contributed by atoms with Crippen molar-refractivity contribution in [3.63, 3.8) is 0 Å². The first-order chi connectivity index (χ1) is 18.5. The number of benzene rings is 4. The normalized spacial score (nSPS) is 12.8. The minimum absolute atomic E-state index is 0.912. The van der Waals surface area contributed by atoms with Crippen LogP contribution >= 0.6 is 24.1 Å². The summed E-state index contributed by atoms with van der Waals surface area (Å²) in [6, 6.07) is 44.5. The van der Waals surface area contributed by atoms with Crippen molar-refractivity contribution >= 4 is 82.1 Å². The molecule has 2 nitrogen and oxygen atoms in total. The number of rotatable bonds is 9. The molecule has 0 aliphatic heterocycles. The van der Waals surface area contributed by atoms with E-state index in [2.05, 4.69) is 169 Å². The zero-order valence-electron chi connectivity index (χ0n) is 23.8. The number of nitrogens with zero attached hydrogens (tertiary/aromatic N) is 2. The van der Waals surface area contributed by atoms with Crippen LogP contribution in [0, 0.1) is 0 Å². The fraction of sp³-hybridized carbons (Fsp3) is 0.194. The Morgan fingerprint density at radius 2 is 0.923 bits per heavy atom. The molecule has 0 unspecified atom stereocenters. The van der Waals surface area contributed by atoms with Crippen LogP contribution in [-0.4, -0.2) is 40.0 Å². The van der Waals surface area contributed by atoms with E-state index in [1.807, 2.05) is 0 Å². The maximum absolute atomic E-state index is 7.17. The second kappa shape index (κ2) is 12.7. The van der Waals surface area contributed by atoms with Gasteiger partial charge in [-0.2, -0.15) is 0 Å². The van der Waals surface area contributed by atoms with E-state index >= 15 is 0 Å². The summed E-state index contributed by atoms with van der Waals surface area (Å²) in [4.78, 5) is 0. The molecule has 0 aromatic heterocycles. The van der Waals surface area contributed by atoms with Crippen molar-refractivity contribution in [1.82, 2.24) is 3.29 Å². The fourth-order valence-electron chi connectivity index (χ4n) is 4.98. The summed E-state index contributed by atoms with van der Waals surface area (Å²) in [5, 5.41) is 5.37. The molecule has 4 rings (SSSR count). The van der Waals surface area contributed by atoms with Crippen molar-refractivity contribution in [1.29, 1.82) is 0 Å².